The van der Waals surface area contributed by atoms with Crippen molar-refractivity contribution >= 4 is 10.0 Å². The Labute approximate surface area is 129 Å². The number of sulfonamides is 1. The van der Waals surface area contributed by atoms with Gasteiger partial charge in [-0.2, -0.15) is 0 Å². The van der Waals surface area contributed by atoms with Crippen molar-refractivity contribution in [3.63, 3.8) is 0 Å². The molecule has 2 N–H and O–H groups in total. The van der Waals surface area contributed by atoms with Crippen molar-refractivity contribution in [2.24, 2.45) is 11.8 Å². The Morgan fingerprint density at radius 1 is 1.19 bits per heavy atom. The number of hydrogen-bond donors (Lipinski definition) is 2. The van der Waals surface area contributed by atoms with Gasteiger partial charge in [0.05, 0.1) is 4.90 Å². The van der Waals surface area contributed by atoms with Crippen molar-refractivity contribution in [3.8, 4) is 0 Å². The summed E-state index contributed by atoms with van der Waals surface area (Å²) in [6, 6.07) is 7.34. The fraction of sp³-hybridized carbons (Fsp3) is 0.625. The predicted octanol–water partition coefficient (Wildman–Crippen LogP) is 2.93. The van der Waals surface area contributed by atoms with E-state index >= 15 is 0 Å². The van der Waals surface area contributed by atoms with Gasteiger partial charge in [0.25, 0.3) is 0 Å². The molecule has 0 aliphatic carbocycles. The first kappa shape index (κ1) is 18.1. The van der Waals surface area contributed by atoms with E-state index in [0.29, 0.717) is 23.3 Å². The molecule has 0 aliphatic rings. The van der Waals surface area contributed by atoms with Crippen LogP contribution >= 0.6 is 0 Å². The van der Waals surface area contributed by atoms with Gasteiger partial charge in [-0.15, -0.1) is 0 Å². The van der Waals surface area contributed by atoms with Gasteiger partial charge in [-0.25, -0.2) is 13.1 Å². The molecule has 0 bridgehead atoms. The van der Waals surface area contributed by atoms with E-state index < -0.39 is 10.0 Å². The topological polar surface area (TPSA) is 58.2 Å². The summed E-state index contributed by atoms with van der Waals surface area (Å²) in [5.41, 5.74) is 1.000. The molecule has 0 aliphatic heterocycles. The standard InChI is InChI=1S/C16H28N2O2S/c1-6-16(17-5)14-8-7-9-15(10-14)21(19,20)18-11-13(4)12(2)3/h7-10,12-13,16-18H,6,11H2,1-5H3. The van der Waals surface area contributed by atoms with Crippen molar-refractivity contribution in [1.82, 2.24) is 10.0 Å². The molecule has 0 heterocycles. The molecule has 1 rings (SSSR count). The molecule has 0 fully saturated rings. The molecule has 120 valence electrons. The van der Waals surface area contributed by atoms with E-state index in [0.717, 1.165) is 12.0 Å². The first-order valence-corrected chi connectivity index (χ1v) is 9.07. The monoisotopic (exact) mass is 312 g/mol. The normalized spacial score (nSPS) is 15.1. The maximum Gasteiger partial charge on any atom is 0.240 e. The second kappa shape index (κ2) is 7.92. The minimum absolute atomic E-state index is 0.176. The predicted molar refractivity (Wildman–Crippen MR) is 87.7 cm³/mol. The van der Waals surface area contributed by atoms with Gasteiger partial charge >= 0.3 is 0 Å². The molecule has 2 atom stereocenters. The van der Waals surface area contributed by atoms with Crippen LogP contribution in [0.15, 0.2) is 29.2 Å². The Hall–Kier alpha value is -0.910. The van der Waals surface area contributed by atoms with Crippen LogP contribution in [0.2, 0.25) is 0 Å². The second-order valence-corrected chi connectivity index (χ2v) is 7.66. The van der Waals surface area contributed by atoms with Crippen molar-refractivity contribution in [2.45, 2.75) is 45.1 Å². The van der Waals surface area contributed by atoms with Gasteiger partial charge in [-0.1, -0.05) is 39.8 Å². The number of benzene rings is 1. The fourth-order valence-corrected chi connectivity index (χ4v) is 3.26. The van der Waals surface area contributed by atoms with Crippen LogP contribution in [0.3, 0.4) is 0 Å². The molecule has 0 saturated carbocycles. The van der Waals surface area contributed by atoms with Crippen LogP contribution in [0, 0.1) is 11.8 Å². The largest absolute Gasteiger partial charge is 0.313 e. The summed E-state index contributed by atoms with van der Waals surface area (Å²) in [6.07, 6.45) is 0.914. The molecule has 21 heavy (non-hydrogen) atoms. The van der Waals surface area contributed by atoms with Gasteiger partial charge in [0.1, 0.15) is 0 Å². The van der Waals surface area contributed by atoms with Gasteiger partial charge in [0.15, 0.2) is 0 Å². The molecule has 0 aromatic heterocycles. The van der Waals surface area contributed by atoms with E-state index in [2.05, 4.69) is 37.7 Å². The lowest BCUT2D eigenvalue weighted by Crippen LogP contribution is -2.30. The average Bonchev–Trinajstić information content (AvgIpc) is 2.46. The van der Waals surface area contributed by atoms with Crippen LogP contribution in [-0.4, -0.2) is 22.0 Å². The highest BCUT2D eigenvalue weighted by atomic mass is 32.2. The minimum Gasteiger partial charge on any atom is -0.313 e. The average molecular weight is 312 g/mol. The molecule has 0 saturated heterocycles. The minimum atomic E-state index is -3.44. The summed E-state index contributed by atoms with van der Waals surface area (Å²) >= 11 is 0. The Morgan fingerprint density at radius 3 is 2.38 bits per heavy atom. The van der Waals surface area contributed by atoms with E-state index in [1.165, 1.54) is 0 Å². The van der Waals surface area contributed by atoms with Crippen LogP contribution in [0.4, 0.5) is 0 Å². The van der Waals surface area contributed by atoms with Crippen LogP contribution in [-0.2, 0) is 10.0 Å². The zero-order valence-electron chi connectivity index (χ0n) is 13.7. The highest BCUT2D eigenvalue weighted by Gasteiger charge is 2.18. The summed E-state index contributed by atoms with van der Waals surface area (Å²) in [5.74, 6) is 0.761. The Morgan fingerprint density at radius 2 is 1.86 bits per heavy atom. The molecule has 1 aromatic rings. The van der Waals surface area contributed by atoms with E-state index in [1.807, 2.05) is 13.1 Å². The summed E-state index contributed by atoms with van der Waals surface area (Å²) in [5, 5.41) is 3.20. The molecule has 0 spiro atoms. The SMILES string of the molecule is CCC(NC)c1cccc(S(=O)(=O)NCC(C)C(C)C)c1. The number of hydrogen-bond acceptors (Lipinski definition) is 3. The third-order valence-corrected chi connectivity index (χ3v) is 5.48. The Balaban J connectivity index is 2.91. The molecule has 2 unspecified atom stereocenters. The van der Waals surface area contributed by atoms with Gasteiger partial charge < -0.3 is 5.32 Å². The molecule has 4 nitrogen and oxygen atoms in total. The lowest BCUT2D eigenvalue weighted by Gasteiger charge is -2.18. The third-order valence-electron chi connectivity index (χ3n) is 4.06. The summed E-state index contributed by atoms with van der Waals surface area (Å²) in [7, 11) is -1.55. The van der Waals surface area contributed by atoms with Gasteiger partial charge in [-0.3, -0.25) is 0 Å². The number of nitrogens with one attached hydrogen (secondary N) is 2. The third kappa shape index (κ3) is 5.09. The summed E-state index contributed by atoms with van der Waals surface area (Å²) in [4.78, 5) is 0.338. The summed E-state index contributed by atoms with van der Waals surface area (Å²) in [6.45, 7) is 8.78. The van der Waals surface area contributed by atoms with E-state index in [-0.39, 0.29) is 6.04 Å². The highest BCUT2D eigenvalue weighted by molar-refractivity contribution is 7.89. The van der Waals surface area contributed by atoms with Crippen LogP contribution in [0.25, 0.3) is 0 Å². The smallest absolute Gasteiger partial charge is 0.240 e. The maximum absolute atomic E-state index is 12.4. The zero-order valence-corrected chi connectivity index (χ0v) is 14.5. The first-order valence-electron chi connectivity index (χ1n) is 7.58. The lowest BCUT2D eigenvalue weighted by atomic mass is 9.99. The summed E-state index contributed by atoms with van der Waals surface area (Å²) < 4.78 is 27.5. The van der Waals surface area contributed by atoms with Crippen molar-refractivity contribution < 1.29 is 8.42 Å². The molecule has 1 aromatic carbocycles. The quantitative estimate of drug-likeness (QED) is 0.776. The Bertz CT molecular complexity index is 537. The number of rotatable bonds is 8. The van der Waals surface area contributed by atoms with Crippen molar-refractivity contribution in [2.75, 3.05) is 13.6 Å². The van der Waals surface area contributed by atoms with Gasteiger partial charge in [0, 0.05) is 12.6 Å². The van der Waals surface area contributed by atoms with Crippen LogP contribution in [0.5, 0.6) is 0 Å². The van der Waals surface area contributed by atoms with Gasteiger partial charge in [0.2, 0.25) is 10.0 Å². The van der Waals surface area contributed by atoms with Gasteiger partial charge in [-0.05, 0) is 43.0 Å². The van der Waals surface area contributed by atoms with Crippen molar-refractivity contribution in [3.05, 3.63) is 29.8 Å². The lowest BCUT2D eigenvalue weighted by molar-refractivity contribution is 0.414. The molecule has 5 heteroatoms. The molecular weight excluding hydrogens is 284 g/mol. The highest BCUT2D eigenvalue weighted by Crippen LogP contribution is 2.20. The first-order chi connectivity index (χ1) is 9.81. The molecular formula is C16H28N2O2S. The van der Waals surface area contributed by atoms with E-state index in [1.54, 1.807) is 18.2 Å². The zero-order chi connectivity index (χ0) is 16.0. The molecule has 0 amide bonds. The Kier molecular flexibility index (Phi) is 6.84. The van der Waals surface area contributed by atoms with E-state index in [4.69, 9.17) is 0 Å². The second-order valence-electron chi connectivity index (χ2n) is 5.90. The van der Waals surface area contributed by atoms with Crippen LogP contribution in [0.1, 0.15) is 45.7 Å². The van der Waals surface area contributed by atoms with Crippen LogP contribution < -0.4 is 10.0 Å². The molecule has 0 radical (unpaired) electrons. The maximum atomic E-state index is 12.4. The van der Waals surface area contributed by atoms with Crippen molar-refractivity contribution in [1.29, 1.82) is 0 Å². The van der Waals surface area contributed by atoms with E-state index in [9.17, 15) is 8.42 Å². The fourth-order valence-electron chi connectivity index (χ4n) is 2.07.